The van der Waals surface area contributed by atoms with Crippen LogP contribution >= 0.6 is 0 Å². The van der Waals surface area contributed by atoms with Crippen LogP contribution in [0.1, 0.15) is 29.9 Å². The first-order valence-corrected chi connectivity index (χ1v) is 11.2. The molecular formula is C20H21N3O5S. The molecule has 0 spiro atoms. The first-order chi connectivity index (χ1) is 14.0. The van der Waals surface area contributed by atoms with E-state index >= 15 is 0 Å². The Morgan fingerprint density at radius 2 is 2.14 bits per heavy atom. The van der Waals surface area contributed by atoms with Gasteiger partial charge in [-0.1, -0.05) is 12.1 Å². The van der Waals surface area contributed by atoms with E-state index in [9.17, 15) is 13.2 Å². The number of amides is 1. The van der Waals surface area contributed by atoms with Gasteiger partial charge in [-0.3, -0.25) is 9.48 Å². The molecular weight excluding hydrogens is 394 g/mol. The zero-order valence-electron chi connectivity index (χ0n) is 15.9. The summed E-state index contributed by atoms with van der Waals surface area (Å²) >= 11 is 0. The molecule has 0 saturated carbocycles. The molecule has 1 fully saturated rings. The maximum Gasteiger partial charge on any atom is 0.276 e. The van der Waals surface area contributed by atoms with Gasteiger partial charge in [-0.15, -0.1) is 0 Å². The normalized spacial score (nSPS) is 17.9. The predicted molar refractivity (Wildman–Crippen MR) is 108 cm³/mol. The van der Waals surface area contributed by atoms with Gasteiger partial charge in [0.25, 0.3) is 5.91 Å². The molecule has 29 heavy (non-hydrogen) atoms. The van der Waals surface area contributed by atoms with Crippen LogP contribution in [0.2, 0.25) is 0 Å². The van der Waals surface area contributed by atoms with Crippen molar-refractivity contribution in [2.75, 3.05) is 23.4 Å². The highest BCUT2D eigenvalue weighted by Crippen LogP contribution is 2.31. The molecule has 1 amide bonds. The number of anilines is 1. The third-order valence-corrected chi connectivity index (χ3v) is 6.48. The largest absolute Gasteiger partial charge is 0.492 e. The van der Waals surface area contributed by atoms with E-state index in [4.69, 9.17) is 9.15 Å². The highest BCUT2D eigenvalue weighted by molar-refractivity contribution is 7.91. The number of nitrogens with one attached hydrogen (secondary N) is 1. The van der Waals surface area contributed by atoms with Gasteiger partial charge >= 0.3 is 0 Å². The van der Waals surface area contributed by atoms with Gasteiger partial charge in [0.1, 0.15) is 11.4 Å². The molecule has 3 aromatic rings. The van der Waals surface area contributed by atoms with Crippen LogP contribution in [0.25, 0.3) is 11.5 Å². The average molecular weight is 415 g/mol. The molecule has 0 aliphatic carbocycles. The maximum absolute atomic E-state index is 12.9. The summed E-state index contributed by atoms with van der Waals surface area (Å²) in [4.78, 5) is 12.9. The van der Waals surface area contributed by atoms with Gasteiger partial charge in [-0.05, 0) is 37.6 Å². The van der Waals surface area contributed by atoms with Crippen LogP contribution in [-0.2, 0) is 9.84 Å². The molecule has 1 saturated heterocycles. The molecule has 1 N–H and O–H groups in total. The second-order valence-corrected chi connectivity index (χ2v) is 9.01. The van der Waals surface area contributed by atoms with E-state index in [1.807, 2.05) is 13.0 Å². The molecule has 0 radical (unpaired) electrons. The Morgan fingerprint density at radius 3 is 2.83 bits per heavy atom. The first kappa shape index (κ1) is 19.3. The van der Waals surface area contributed by atoms with Crippen molar-refractivity contribution in [3.63, 3.8) is 0 Å². The number of carbonyl (C=O) groups excluding carboxylic acids is 1. The van der Waals surface area contributed by atoms with E-state index in [-0.39, 0.29) is 23.2 Å². The molecule has 1 aliphatic rings. The van der Waals surface area contributed by atoms with Crippen LogP contribution in [0.4, 0.5) is 5.69 Å². The minimum absolute atomic E-state index is 0.00335. The topological polar surface area (TPSA) is 103 Å². The number of benzene rings is 1. The molecule has 152 valence electrons. The van der Waals surface area contributed by atoms with Gasteiger partial charge in [0, 0.05) is 6.07 Å². The van der Waals surface area contributed by atoms with Gasteiger partial charge in [-0.25, -0.2) is 8.42 Å². The Morgan fingerprint density at radius 1 is 1.31 bits per heavy atom. The predicted octanol–water partition coefficient (Wildman–Crippen LogP) is 3.15. The van der Waals surface area contributed by atoms with E-state index in [1.54, 1.807) is 41.1 Å². The Balaban J connectivity index is 1.66. The quantitative estimate of drug-likeness (QED) is 0.663. The van der Waals surface area contributed by atoms with Crippen molar-refractivity contribution in [2.24, 2.45) is 0 Å². The number of sulfone groups is 1. The standard InChI is InChI=1S/C20H21N3O5S/c1-2-27-18-7-4-3-6-15(18)21-20(24)16-12-17(19-8-5-10-28-19)23(22-16)14-9-11-29(25,26)13-14/h3-8,10,12,14H,2,9,11,13H2,1H3,(H,21,24). The van der Waals surface area contributed by atoms with Crippen molar-refractivity contribution >= 4 is 21.4 Å². The van der Waals surface area contributed by atoms with E-state index < -0.39 is 15.7 Å². The van der Waals surface area contributed by atoms with Crippen LogP contribution in [0.15, 0.2) is 53.1 Å². The zero-order valence-corrected chi connectivity index (χ0v) is 16.7. The number of hydrogen-bond acceptors (Lipinski definition) is 6. The lowest BCUT2D eigenvalue weighted by Gasteiger charge is -2.12. The lowest BCUT2D eigenvalue weighted by Crippen LogP contribution is -2.17. The number of para-hydroxylation sites is 2. The van der Waals surface area contributed by atoms with Crippen molar-refractivity contribution in [3.05, 3.63) is 54.4 Å². The van der Waals surface area contributed by atoms with E-state index in [1.165, 1.54) is 6.26 Å². The van der Waals surface area contributed by atoms with Gasteiger partial charge in [0.05, 0.1) is 36.1 Å². The summed E-state index contributed by atoms with van der Waals surface area (Å²) in [7, 11) is -3.11. The summed E-state index contributed by atoms with van der Waals surface area (Å²) in [5, 5.41) is 7.24. The molecule has 9 heteroatoms. The molecule has 3 heterocycles. The fourth-order valence-electron chi connectivity index (χ4n) is 3.40. The summed E-state index contributed by atoms with van der Waals surface area (Å²) in [5.74, 6) is 0.783. The summed E-state index contributed by atoms with van der Waals surface area (Å²) < 4.78 is 36.5. The molecule has 4 rings (SSSR count). The minimum Gasteiger partial charge on any atom is -0.492 e. The molecule has 1 aliphatic heterocycles. The van der Waals surface area contributed by atoms with Crippen LogP contribution in [0, 0.1) is 0 Å². The van der Waals surface area contributed by atoms with E-state index in [0.717, 1.165) is 0 Å². The minimum atomic E-state index is -3.11. The molecule has 1 unspecified atom stereocenters. The second kappa shape index (κ2) is 7.75. The summed E-state index contributed by atoms with van der Waals surface area (Å²) in [6, 6.07) is 11.9. The molecule has 8 nitrogen and oxygen atoms in total. The SMILES string of the molecule is CCOc1ccccc1NC(=O)c1cc(-c2ccco2)n(C2CCS(=O)(=O)C2)n1. The lowest BCUT2D eigenvalue weighted by molar-refractivity contribution is 0.102. The Bertz CT molecular complexity index is 1120. The fraction of sp³-hybridized carbons (Fsp3) is 0.300. The average Bonchev–Trinajstić information content (AvgIpc) is 3.42. The first-order valence-electron chi connectivity index (χ1n) is 9.34. The van der Waals surface area contributed by atoms with Crippen molar-refractivity contribution in [3.8, 4) is 17.2 Å². The summed E-state index contributed by atoms with van der Waals surface area (Å²) in [5.41, 5.74) is 1.28. The number of furan rings is 1. The summed E-state index contributed by atoms with van der Waals surface area (Å²) in [6.07, 6.45) is 1.97. The summed E-state index contributed by atoms with van der Waals surface area (Å²) in [6.45, 7) is 2.34. The smallest absolute Gasteiger partial charge is 0.276 e. The van der Waals surface area contributed by atoms with Gasteiger partial charge in [-0.2, -0.15) is 5.10 Å². The van der Waals surface area contributed by atoms with Gasteiger partial charge in [0.2, 0.25) is 0 Å². The van der Waals surface area contributed by atoms with Crippen LogP contribution < -0.4 is 10.1 Å². The lowest BCUT2D eigenvalue weighted by atomic mass is 10.2. The maximum atomic E-state index is 12.9. The molecule has 1 atom stereocenters. The van der Waals surface area contributed by atoms with Crippen molar-refractivity contribution < 1.29 is 22.4 Å². The fourth-order valence-corrected chi connectivity index (χ4v) is 5.09. The number of ether oxygens (including phenoxy) is 1. The van der Waals surface area contributed by atoms with Gasteiger partial charge < -0.3 is 14.5 Å². The molecule has 2 aromatic heterocycles. The second-order valence-electron chi connectivity index (χ2n) is 6.78. The van der Waals surface area contributed by atoms with Crippen molar-refractivity contribution in [1.29, 1.82) is 0 Å². The highest BCUT2D eigenvalue weighted by atomic mass is 32.2. The van der Waals surface area contributed by atoms with Crippen LogP contribution in [-0.4, -0.2) is 42.2 Å². The number of carbonyl (C=O) groups is 1. The number of nitrogens with zero attached hydrogens (tertiary/aromatic N) is 2. The monoisotopic (exact) mass is 415 g/mol. The highest BCUT2D eigenvalue weighted by Gasteiger charge is 2.32. The third kappa shape index (κ3) is 4.04. The Labute approximate surface area is 168 Å². The number of rotatable bonds is 6. The van der Waals surface area contributed by atoms with Crippen LogP contribution in [0.3, 0.4) is 0 Å². The van der Waals surface area contributed by atoms with Gasteiger partial charge in [0.15, 0.2) is 21.3 Å². The van der Waals surface area contributed by atoms with Crippen LogP contribution in [0.5, 0.6) is 5.75 Å². The van der Waals surface area contributed by atoms with E-state index in [0.29, 0.717) is 35.9 Å². The molecule has 1 aromatic carbocycles. The van der Waals surface area contributed by atoms with Crippen molar-refractivity contribution in [1.82, 2.24) is 9.78 Å². The van der Waals surface area contributed by atoms with Crippen molar-refractivity contribution in [2.45, 2.75) is 19.4 Å². The number of hydrogen-bond donors (Lipinski definition) is 1. The third-order valence-electron chi connectivity index (χ3n) is 4.73. The van der Waals surface area contributed by atoms with E-state index in [2.05, 4.69) is 10.4 Å². The zero-order chi connectivity index (χ0) is 20.4. The Hall–Kier alpha value is -3.07. The molecule has 0 bridgehead atoms. The Kier molecular flexibility index (Phi) is 5.14. The number of aromatic nitrogens is 2.